The number of nitrogens with two attached hydrogens (primary N) is 1. The van der Waals surface area contributed by atoms with Crippen molar-refractivity contribution in [2.45, 2.75) is 33.1 Å². The fourth-order valence-corrected chi connectivity index (χ4v) is 1.81. The van der Waals surface area contributed by atoms with Crippen molar-refractivity contribution in [1.29, 1.82) is 0 Å². The third kappa shape index (κ3) is 5.47. The van der Waals surface area contributed by atoms with Crippen molar-refractivity contribution < 1.29 is 4.79 Å². The first kappa shape index (κ1) is 14.9. The van der Waals surface area contributed by atoms with Crippen LogP contribution in [-0.4, -0.2) is 17.4 Å². The van der Waals surface area contributed by atoms with Crippen LogP contribution in [0.15, 0.2) is 18.2 Å². The number of anilines is 1. The van der Waals surface area contributed by atoms with Gasteiger partial charge in [0.2, 0.25) is 5.91 Å². The van der Waals surface area contributed by atoms with E-state index in [4.69, 9.17) is 17.3 Å². The topological polar surface area (TPSA) is 68.0 Å². The van der Waals surface area contributed by atoms with Crippen molar-refractivity contribution in [3.05, 3.63) is 23.4 Å². The number of amides is 1. The normalized spacial score (nSPS) is 11.3. The van der Waals surface area contributed by atoms with Crippen LogP contribution in [0.3, 0.4) is 0 Å². The summed E-state index contributed by atoms with van der Waals surface area (Å²) in [7, 11) is 0. The fraction of sp³-hybridized carbons (Fsp3) is 0.538. The smallest absolute Gasteiger partial charge is 0.225 e. The lowest BCUT2D eigenvalue weighted by atomic mass is 9.84. The molecule has 0 fully saturated rings. The van der Waals surface area contributed by atoms with Crippen LogP contribution in [0.4, 0.5) is 5.82 Å². The molecule has 1 aromatic heterocycles. The maximum Gasteiger partial charge on any atom is 0.225 e. The zero-order chi connectivity index (χ0) is 13.6. The molecule has 0 bridgehead atoms. The molecule has 4 nitrogen and oxygen atoms in total. The van der Waals surface area contributed by atoms with Gasteiger partial charge in [-0.05, 0) is 36.9 Å². The molecular weight excluding hydrogens is 250 g/mol. The number of rotatable bonds is 6. The van der Waals surface area contributed by atoms with Crippen molar-refractivity contribution in [1.82, 2.24) is 4.98 Å². The SMILES string of the molecule is CC(C)(CCN)CCC(=O)Nc1cccc(Cl)n1. The van der Waals surface area contributed by atoms with Crippen LogP contribution in [0.2, 0.25) is 5.15 Å². The van der Waals surface area contributed by atoms with Gasteiger partial charge in [0.05, 0.1) is 0 Å². The summed E-state index contributed by atoms with van der Waals surface area (Å²) < 4.78 is 0. The summed E-state index contributed by atoms with van der Waals surface area (Å²) in [6.45, 7) is 4.88. The van der Waals surface area contributed by atoms with E-state index in [-0.39, 0.29) is 11.3 Å². The maximum atomic E-state index is 11.7. The Hall–Kier alpha value is -1.13. The Morgan fingerprint density at radius 2 is 2.17 bits per heavy atom. The Balaban J connectivity index is 2.43. The van der Waals surface area contributed by atoms with Gasteiger partial charge in [-0.25, -0.2) is 4.98 Å². The van der Waals surface area contributed by atoms with Crippen LogP contribution in [0, 0.1) is 5.41 Å². The summed E-state index contributed by atoms with van der Waals surface area (Å²) in [5.74, 6) is 0.444. The lowest BCUT2D eigenvalue weighted by Crippen LogP contribution is -2.20. The molecule has 3 N–H and O–H groups in total. The molecular formula is C13H20ClN3O. The van der Waals surface area contributed by atoms with Crippen LogP contribution in [0.25, 0.3) is 0 Å². The molecule has 0 saturated heterocycles. The van der Waals surface area contributed by atoms with Crippen molar-refractivity contribution in [2.24, 2.45) is 11.1 Å². The minimum absolute atomic E-state index is 0.0464. The largest absolute Gasteiger partial charge is 0.330 e. The van der Waals surface area contributed by atoms with E-state index in [0.717, 1.165) is 12.8 Å². The first-order valence-electron chi connectivity index (χ1n) is 6.05. The highest BCUT2D eigenvalue weighted by Crippen LogP contribution is 2.26. The molecule has 0 aliphatic carbocycles. The van der Waals surface area contributed by atoms with Crippen LogP contribution in [0.1, 0.15) is 33.1 Å². The number of nitrogens with one attached hydrogen (secondary N) is 1. The number of pyridine rings is 1. The van der Waals surface area contributed by atoms with Gasteiger partial charge in [0.15, 0.2) is 0 Å². The van der Waals surface area contributed by atoms with E-state index in [1.54, 1.807) is 18.2 Å². The van der Waals surface area contributed by atoms with E-state index in [1.165, 1.54) is 0 Å². The molecule has 0 radical (unpaired) electrons. The van der Waals surface area contributed by atoms with Gasteiger partial charge < -0.3 is 11.1 Å². The second kappa shape index (κ2) is 6.71. The van der Waals surface area contributed by atoms with E-state index in [9.17, 15) is 4.79 Å². The van der Waals surface area contributed by atoms with Crippen LogP contribution in [-0.2, 0) is 4.79 Å². The van der Waals surface area contributed by atoms with Gasteiger partial charge in [0.25, 0.3) is 0 Å². The minimum Gasteiger partial charge on any atom is -0.330 e. The number of nitrogens with zero attached hydrogens (tertiary/aromatic N) is 1. The number of carbonyl (C=O) groups is 1. The summed E-state index contributed by atoms with van der Waals surface area (Å²) in [6.07, 6.45) is 2.17. The first-order chi connectivity index (χ1) is 8.43. The Morgan fingerprint density at radius 1 is 1.44 bits per heavy atom. The zero-order valence-electron chi connectivity index (χ0n) is 10.9. The number of halogens is 1. The molecule has 0 saturated carbocycles. The molecule has 0 aliphatic rings. The molecule has 1 heterocycles. The maximum absolute atomic E-state index is 11.7. The highest BCUT2D eigenvalue weighted by molar-refractivity contribution is 6.29. The highest BCUT2D eigenvalue weighted by Gasteiger charge is 2.18. The van der Waals surface area contributed by atoms with Crippen LogP contribution >= 0.6 is 11.6 Å². The zero-order valence-corrected chi connectivity index (χ0v) is 11.6. The van der Waals surface area contributed by atoms with Gasteiger partial charge >= 0.3 is 0 Å². The number of carbonyl (C=O) groups excluding carboxylic acids is 1. The van der Waals surface area contributed by atoms with Crippen LogP contribution in [0.5, 0.6) is 0 Å². The van der Waals surface area contributed by atoms with E-state index >= 15 is 0 Å². The van der Waals surface area contributed by atoms with E-state index in [1.807, 2.05) is 0 Å². The minimum atomic E-state index is -0.0464. The predicted molar refractivity (Wildman–Crippen MR) is 74.6 cm³/mol. The lowest BCUT2D eigenvalue weighted by Gasteiger charge is -2.23. The molecule has 18 heavy (non-hydrogen) atoms. The molecule has 0 unspecified atom stereocenters. The Bertz CT molecular complexity index is 407. The average Bonchev–Trinajstić information content (AvgIpc) is 2.26. The van der Waals surface area contributed by atoms with E-state index in [2.05, 4.69) is 24.1 Å². The van der Waals surface area contributed by atoms with Crippen LogP contribution < -0.4 is 11.1 Å². The molecule has 0 spiro atoms. The molecule has 0 aliphatic heterocycles. The molecule has 1 aromatic rings. The van der Waals surface area contributed by atoms with Crippen molar-refractivity contribution in [3.63, 3.8) is 0 Å². The average molecular weight is 270 g/mol. The van der Waals surface area contributed by atoms with Crippen molar-refractivity contribution in [2.75, 3.05) is 11.9 Å². The van der Waals surface area contributed by atoms with Gasteiger partial charge in [-0.1, -0.05) is 31.5 Å². The summed E-state index contributed by atoms with van der Waals surface area (Å²) in [5, 5.41) is 3.10. The highest BCUT2D eigenvalue weighted by atomic mass is 35.5. The standard InChI is InChI=1S/C13H20ClN3O/c1-13(2,8-9-15)7-6-12(18)17-11-5-3-4-10(14)16-11/h3-5H,6-9,15H2,1-2H3,(H,16,17,18). The van der Waals surface area contributed by atoms with E-state index < -0.39 is 0 Å². The Morgan fingerprint density at radius 3 is 2.78 bits per heavy atom. The first-order valence-corrected chi connectivity index (χ1v) is 6.43. The molecule has 0 aromatic carbocycles. The summed E-state index contributed by atoms with van der Waals surface area (Å²) in [5.41, 5.74) is 5.63. The van der Waals surface area contributed by atoms with E-state index in [0.29, 0.717) is 23.9 Å². The Kier molecular flexibility index (Phi) is 5.56. The van der Waals surface area contributed by atoms with Gasteiger partial charge in [-0.2, -0.15) is 0 Å². The Labute approximate surface area is 113 Å². The quantitative estimate of drug-likeness (QED) is 0.781. The monoisotopic (exact) mass is 269 g/mol. The van der Waals surface area contributed by atoms with Gasteiger partial charge in [-0.3, -0.25) is 4.79 Å². The summed E-state index contributed by atoms with van der Waals surface area (Å²) >= 11 is 5.74. The number of hydrogen-bond acceptors (Lipinski definition) is 3. The lowest BCUT2D eigenvalue weighted by molar-refractivity contribution is -0.116. The van der Waals surface area contributed by atoms with Crippen molar-refractivity contribution in [3.8, 4) is 0 Å². The second-order valence-electron chi connectivity index (χ2n) is 5.10. The van der Waals surface area contributed by atoms with Gasteiger partial charge in [0, 0.05) is 6.42 Å². The third-order valence-corrected chi connectivity index (χ3v) is 3.04. The molecule has 1 rings (SSSR count). The summed E-state index contributed by atoms with van der Waals surface area (Å²) in [6, 6.07) is 5.14. The second-order valence-corrected chi connectivity index (χ2v) is 5.48. The fourth-order valence-electron chi connectivity index (χ4n) is 1.65. The van der Waals surface area contributed by atoms with Gasteiger partial charge in [-0.15, -0.1) is 0 Å². The van der Waals surface area contributed by atoms with Gasteiger partial charge in [0.1, 0.15) is 11.0 Å². The molecule has 1 amide bonds. The number of aromatic nitrogens is 1. The molecule has 5 heteroatoms. The third-order valence-electron chi connectivity index (χ3n) is 2.83. The molecule has 0 atom stereocenters. The number of hydrogen-bond donors (Lipinski definition) is 2. The predicted octanol–water partition coefficient (Wildman–Crippen LogP) is 2.83. The summed E-state index contributed by atoms with van der Waals surface area (Å²) in [4.78, 5) is 15.8. The molecule has 100 valence electrons. The van der Waals surface area contributed by atoms with Crippen molar-refractivity contribution >= 4 is 23.3 Å².